The van der Waals surface area contributed by atoms with Gasteiger partial charge in [-0.25, -0.2) is 4.79 Å². The van der Waals surface area contributed by atoms with E-state index in [-0.39, 0.29) is 23.6 Å². The van der Waals surface area contributed by atoms with Gasteiger partial charge in [-0.2, -0.15) is 0 Å². The van der Waals surface area contributed by atoms with E-state index in [0.717, 1.165) is 29.7 Å². The molecule has 4 rings (SSSR count). The molecule has 5 heteroatoms. The van der Waals surface area contributed by atoms with Crippen molar-refractivity contribution in [1.82, 2.24) is 4.98 Å². The molecule has 2 aliphatic rings. The number of aliphatic imine (C=N–C) groups is 1. The maximum absolute atomic E-state index is 12.0. The van der Waals surface area contributed by atoms with E-state index in [0.29, 0.717) is 5.56 Å². The summed E-state index contributed by atoms with van der Waals surface area (Å²) >= 11 is 0. The number of carbonyl (C=O) groups excluding carboxylic acids is 1. The molecule has 0 spiro atoms. The maximum Gasteiger partial charge on any atom is 0.338 e. The first-order valence-electron chi connectivity index (χ1n) is 11.4. The number of aromatic nitrogens is 1. The number of allylic oxidation sites excluding steroid dienone is 3. The second-order valence-electron chi connectivity index (χ2n) is 9.03. The van der Waals surface area contributed by atoms with Crippen LogP contribution >= 0.6 is 0 Å². The van der Waals surface area contributed by atoms with Gasteiger partial charge >= 0.3 is 5.97 Å². The van der Waals surface area contributed by atoms with E-state index in [1.165, 1.54) is 11.1 Å². The highest BCUT2D eigenvalue weighted by Gasteiger charge is 2.46. The highest BCUT2D eigenvalue weighted by Crippen LogP contribution is 2.51. The van der Waals surface area contributed by atoms with E-state index in [1.54, 1.807) is 18.2 Å². The number of pyridine rings is 1. The van der Waals surface area contributed by atoms with E-state index in [9.17, 15) is 9.59 Å². The molecule has 0 radical (unpaired) electrons. The number of aromatic amines is 1. The molecule has 0 saturated heterocycles. The van der Waals surface area contributed by atoms with Gasteiger partial charge in [0.2, 0.25) is 5.56 Å². The number of benzene rings is 1. The van der Waals surface area contributed by atoms with Crippen LogP contribution in [0.3, 0.4) is 0 Å². The SMILES string of the molecule is C/C=C1\[C@H]2C=C(C)C[C@]1(N=C/C=C/c1ccc(C(=O)OC(C)C)cc1)c1ccc(=O)[nH]c1C2. The highest BCUT2D eigenvalue weighted by atomic mass is 16.5. The molecule has 2 aromatic rings. The minimum atomic E-state index is -0.495. The van der Waals surface area contributed by atoms with Gasteiger partial charge in [0.05, 0.1) is 11.7 Å². The number of nitrogens with one attached hydrogen (secondary N) is 1. The molecule has 1 aromatic carbocycles. The first-order valence-corrected chi connectivity index (χ1v) is 11.4. The zero-order chi connectivity index (χ0) is 23.6. The summed E-state index contributed by atoms with van der Waals surface area (Å²) in [5.41, 5.74) is 5.59. The van der Waals surface area contributed by atoms with E-state index < -0.39 is 5.54 Å². The standard InChI is InChI=1S/C28H30N2O3/c1-5-23-22-15-19(4)17-28(23,24-12-13-26(31)30-25(24)16-22)29-14-6-7-20-8-10-21(11-9-20)27(32)33-18(2)3/h5-15,18,22H,16-17H2,1-4H3,(H,30,31)/b7-6+,23-5+,29-14?/t22-,28+/m0/s1. The van der Waals surface area contributed by atoms with Crippen LogP contribution in [0.25, 0.3) is 6.08 Å². The van der Waals surface area contributed by atoms with Crippen molar-refractivity contribution in [2.24, 2.45) is 10.9 Å². The summed E-state index contributed by atoms with van der Waals surface area (Å²) in [7, 11) is 0. The number of hydrogen-bond donors (Lipinski definition) is 1. The first kappa shape index (κ1) is 22.7. The highest BCUT2D eigenvalue weighted by molar-refractivity contribution is 5.90. The lowest BCUT2D eigenvalue weighted by Crippen LogP contribution is -2.40. The topological polar surface area (TPSA) is 71.5 Å². The van der Waals surface area contributed by atoms with E-state index in [4.69, 9.17) is 9.73 Å². The molecule has 2 bridgehead atoms. The van der Waals surface area contributed by atoms with Gasteiger partial charge in [0.25, 0.3) is 0 Å². The summed E-state index contributed by atoms with van der Waals surface area (Å²) in [6, 6.07) is 10.8. The third kappa shape index (κ3) is 4.54. The average Bonchev–Trinajstić information content (AvgIpc) is 2.76. The molecule has 170 valence electrons. The first-order chi connectivity index (χ1) is 15.8. The van der Waals surface area contributed by atoms with Gasteiger partial charge in [0.15, 0.2) is 0 Å². The van der Waals surface area contributed by atoms with Crippen LogP contribution in [0.15, 0.2) is 75.6 Å². The molecular weight excluding hydrogens is 412 g/mol. The summed E-state index contributed by atoms with van der Waals surface area (Å²) < 4.78 is 5.23. The fraction of sp³-hybridized carbons (Fsp3) is 0.321. The van der Waals surface area contributed by atoms with E-state index in [1.807, 2.05) is 50.4 Å². The number of rotatable bonds is 5. The van der Waals surface area contributed by atoms with Crippen LogP contribution in [-0.4, -0.2) is 23.3 Å². The van der Waals surface area contributed by atoms with Gasteiger partial charge in [-0.3, -0.25) is 9.79 Å². The minimum absolute atomic E-state index is 0.0730. The molecule has 33 heavy (non-hydrogen) atoms. The van der Waals surface area contributed by atoms with Crippen LogP contribution in [0.5, 0.6) is 0 Å². The predicted molar refractivity (Wildman–Crippen MR) is 133 cm³/mol. The Morgan fingerprint density at radius 2 is 1.97 bits per heavy atom. The number of hydrogen-bond acceptors (Lipinski definition) is 4. The third-order valence-electron chi connectivity index (χ3n) is 6.24. The van der Waals surface area contributed by atoms with Crippen LogP contribution in [-0.2, 0) is 16.7 Å². The predicted octanol–water partition coefficient (Wildman–Crippen LogP) is 5.39. The number of ether oxygens (including phenoxy) is 1. The maximum atomic E-state index is 12.0. The number of fused-ring (bicyclic) bond motifs is 4. The fourth-order valence-corrected chi connectivity index (χ4v) is 4.99. The van der Waals surface area contributed by atoms with Crippen molar-refractivity contribution >= 4 is 18.3 Å². The molecule has 0 aliphatic heterocycles. The number of esters is 1. The summed E-state index contributed by atoms with van der Waals surface area (Å²) in [5, 5.41) is 0. The number of nitrogens with zero attached hydrogens (tertiary/aromatic N) is 1. The van der Waals surface area contributed by atoms with Crippen LogP contribution in [0.4, 0.5) is 0 Å². The Labute approximate surface area is 194 Å². The Morgan fingerprint density at radius 1 is 1.21 bits per heavy atom. The largest absolute Gasteiger partial charge is 0.459 e. The summed E-state index contributed by atoms with van der Waals surface area (Å²) in [5.74, 6) is -0.0714. The van der Waals surface area contributed by atoms with Crippen molar-refractivity contribution in [2.75, 3.05) is 0 Å². The zero-order valence-electron chi connectivity index (χ0n) is 19.6. The fourth-order valence-electron chi connectivity index (χ4n) is 4.99. The molecule has 1 N–H and O–H groups in total. The van der Waals surface area contributed by atoms with Crippen molar-refractivity contribution in [1.29, 1.82) is 0 Å². The molecule has 5 nitrogen and oxygen atoms in total. The lowest BCUT2D eigenvalue weighted by atomic mass is 9.63. The molecular formula is C28H30N2O3. The molecule has 1 heterocycles. The molecule has 0 unspecified atom stereocenters. The van der Waals surface area contributed by atoms with Crippen LogP contribution in [0, 0.1) is 5.92 Å². The Hall–Kier alpha value is -3.47. The van der Waals surface area contributed by atoms with Crippen LogP contribution < -0.4 is 5.56 Å². The van der Waals surface area contributed by atoms with Gasteiger partial charge in [0.1, 0.15) is 5.54 Å². The van der Waals surface area contributed by atoms with E-state index in [2.05, 4.69) is 31.0 Å². The van der Waals surface area contributed by atoms with Crippen molar-refractivity contribution < 1.29 is 9.53 Å². The second kappa shape index (κ2) is 9.18. The molecule has 0 amide bonds. The average molecular weight is 443 g/mol. The van der Waals surface area contributed by atoms with Crippen molar-refractivity contribution in [3.8, 4) is 0 Å². The Kier molecular flexibility index (Phi) is 6.32. The van der Waals surface area contributed by atoms with Crippen molar-refractivity contribution in [3.05, 3.63) is 98.5 Å². The zero-order valence-corrected chi connectivity index (χ0v) is 19.6. The van der Waals surface area contributed by atoms with Crippen molar-refractivity contribution in [3.63, 3.8) is 0 Å². The van der Waals surface area contributed by atoms with Gasteiger partial charge in [0, 0.05) is 35.9 Å². The van der Waals surface area contributed by atoms with Gasteiger partial charge in [-0.05, 0) is 69.5 Å². The second-order valence-corrected chi connectivity index (χ2v) is 9.03. The molecule has 1 aromatic heterocycles. The van der Waals surface area contributed by atoms with E-state index >= 15 is 0 Å². The molecule has 0 fully saturated rings. The number of carbonyl (C=O) groups is 1. The van der Waals surface area contributed by atoms with Crippen LogP contribution in [0.1, 0.15) is 61.3 Å². The van der Waals surface area contributed by atoms with Crippen LogP contribution in [0.2, 0.25) is 0 Å². The number of H-pyrrole nitrogens is 1. The van der Waals surface area contributed by atoms with Gasteiger partial charge in [-0.15, -0.1) is 0 Å². The Bertz CT molecular complexity index is 1230. The monoisotopic (exact) mass is 442 g/mol. The summed E-state index contributed by atoms with van der Waals surface area (Å²) in [4.78, 5) is 32.1. The summed E-state index contributed by atoms with van der Waals surface area (Å²) in [6.45, 7) is 7.89. The van der Waals surface area contributed by atoms with Crippen molar-refractivity contribution in [2.45, 2.75) is 52.2 Å². The lowest BCUT2D eigenvalue weighted by Gasteiger charge is -2.45. The quantitative estimate of drug-likeness (QED) is 0.383. The minimum Gasteiger partial charge on any atom is -0.459 e. The third-order valence-corrected chi connectivity index (χ3v) is 6.24. The summed E-state index contributed by atoms with van der Waals surface area (Å²) in [6.07, 6.45) is 11.7. The Morgan fingerprint density at radius 3 is 2.67 bits per heavy atom. The Balaban J connectivity index is 1.61. The van der Waals surface area contributed by atoms with Gasteiger partial charge in [-0.1, -0.05) is 35.9 Å². The normalized spacial score (nSPS) is 23.2. The molecule has 0 saturated carbocycles. The lowest BCUT2D eigenvalue weighted by molar-refractivity contribution is 0.0378. The molecule has 2 aliphatic carbocycles. The van der Waals surface area contributed by atoms with Gasteiger partial charge < -0.3 is 9.72 Å². The smallest absolute Gasteiger partial charge is 0.338 e. The molecule has 2 atom stereocenters.